The van der Waals surface area contributed by atoms with Crippen molar-refractivity contribution in [3.8, 4) is 17.2 Å². The number of amides is 2. The van der Waals surface area contributed by atoms with Crippen molar-refractivity contribution in [3.05, 3.63) is 53.6 Å². The summed E-state index contributed by atoms with van der Waals surface area (Å²) in [7, 11) is 0. The Bertz CT molecular complexity index is 868. The van der Waals surface area contributed by atoms with Gasteiger partial charge in [0.05, 0.1) is 12.1 Å². The summed E-state index contributed by atoms with van der Waals surface area (Å²) >= 11 is 0. The van der Waals surface area contributed by atoms with Gasteiger partial charge < -0.3 is 24.4 Å². The van der Waals surface area contributed by atoms with Crippen molar-refractivity contribution in [2.75, 3.05) is 19.8 Å². The molecule has 0 spiro atoms. The van der Waals surface area contributed by atoms with Gasteiger partial charge in [0.1, 0.15) is 19.0 Å². The second-order valence-corrected chi connectivity index (χ2v) is 7.70. The number of hydrogen-bond donors (Lipinski definition) is 1. The highest BCUT2D eigenvalue weighted by Crippen LogP contribution is 2.42. The van der Waals surface area contributed by atoms with E-state index in [1.165, 1.54) is 0 Å². The molecule has 0 bridgehead atoms. The van der Waals surface area contributed by atoms with Crippen molar-refractivity contribution >= 4 is 6.03 Å². The number of fused-ring (bicyclic) bond motifs is 1. The largest absolute Gasteiger partial charge is 0.491 e. The molecule has 1 fully saturated rings. The van der Waals surface area contributed by atoms with Crippen LogP contribution in [0.15, 0.2) is 42.5 Å². The maximum Gasteiger partial charge on any atom is 0.318 e. The second kappa shape index (κ2) is 8.64. The number of para-hydroxylation sites is 1. The lowest BCUT2D eigenvalue weighted by Gasteiger charge is -2.29. The predicted octanol–water partition coefficient (Wildman–Crippen LogP) is 4.29. The first-order valence-corrected chi connectivity index (χ1v) is 10.3. The van der Waals surface area contributed by atoms with Gasteiger partial charge in [-0.25, -0.2) is 4.79 Å². The maximum absolute atomic E-state index is 12.9. The molecule has 6 nitrogen and oxygen atoms in total. The highest BCUT2D eigenvalue weighted by molar-refractivity contribution is 5.75. The Labute approximate surface area is 171 Å². The predicted molar refractivity (Wildman–Crippen MR) is 111 cm³/mol. The number of rotatable bonds is 5. The molecule has 1 atom stereocenters. The van der Waals surface area contributed by atoms with Crippen LogP contribution in [0.5, 0.6) is 17.2 Å². The zero-order valence-electron chi connectivity index (χ0n) is 17.0. The Kier molecular flexibility index (Phi) is 5.79. The third kappa shape index (κ3) is 4.42. The topological polar surface area (TPSA) is 60.0 Å². The summed E-state index contributed by atoms with van der Waals surface area (Å²) in [5, 5.41) is 3.06. The Morgan fingerprint density at radius 3 is 2.90 bits per heavy atom. The number of ether oxygens (including phenoxy) is 3. The van der Waals surface area contributed by atoms with Crippen molar-refractivity contribution < 1.29 is 19.0 Å². The lowest BCUT2D eigenvalue weighted by molar-refractivity contribution is 0.163. The van der Waals surface area contributed by atoms with Crippen LogP contribution in [0, 0.1) is 0 Å². The zero-order chi connectivity index (χ0) is 20.2. The van der Waals surface area contributed by atoms with E-state index in [9.17, 15) is 4.79 Å². The molecule has 2 aliphatic rings. The van der Waals surface area contributed by atoms with Crippen molar-refractivity contribution in [2.24, 2.45) is 0 Å². The number of likely N-dealkylation sites (tertiary alicyclic amines) is 1. The standard InChI is InChI=1S/C23H28N2O4/c1-16(2)29-18-7-3-6-17(14-18)15-24-23(26)25-11-5-9-20(25)19-8-4-10-21-22(19)28-13-12-27-21/h3-4,6-8,10,14,16,20H,5,9,11-13,15H2,1-2H3,(H,24,26). The van der Waals surface area contributed by atoms with E-state index in [0.717, 1.165) is 47.8 Å². The molecular weight excluding hydrogens is 368 g/mol. The maximum atomic E-state index is 12.9. The van der Waals surface area contributed by atoms with Crippen LogP contribution in [0.3, 0.4) is 0 Å². The lowest BCUT2D eigenvalue weighted by Crippen LogP contribution is -2.39. The number of hydrogen-bond acceptors (Lipinski definition) is 4. The monoisotopic (exact) mass is 396 g/mol. The third-order valence-corrected chi connectivity index (χ3v) is 5.18. The molecule has 0 radical (unpaired) electrons. The summed E-state index contributed by atoms with van der Waals surface area (Å²) in [5.74, 6) is 2.36. The van der Waals surface area contributed by atoms with Crippen molar-refractivity contribution in [3.63, 3.8) is 0 Å². The van der Waals surface area contributed by atoms with Gasteiger partial charge in [0.25, 0.3) is 0 Å². The van der Waals surface area contributed by atoms with E-state index in [2.05, 4.69) is 5.32 Å². The summed E-state index contributed by atoms with van der Waals surface area (Å²) in [6.07, 6.45) is 2.01. The van der Waals surface area contributed by atoms with Gasteiger partial charge in [0.15, 0.2) is 11.5 Å². The molecule has 2 aromatic rings. The normalized spacial score (nSPS) is 18.0. The van der Waals surface area contributed by atoms with Crippen LogP contribution in [0.2, 0.25) is 0 Å². The summed E-state index contributed by atoms with van der Waals surface area (Å²) in [4.78, 5) is 14.8. The molecule has 1 saturated heterocycles. The molecule has 0 aliphatic carbocycles. The summed E-state index contributed by atoms with van der Waals surface area (Å²) < 4.78 is 17.3. The Morgan fingerprint density at radius 2 is 2.03 bits per heavy atom. The van der Waals surface area contributed by atoms with Crippen molar-refractivity contribution in [1.82, 2.24) is 10.2 Å². The van der Waals surface area contributed by atoms with Gasteiger partial charge in [-0.15, -0.1) is 0 Å². The second-order valence-electron chi connectivity index (χ2n) is 7.70. The number of nitrogens with one attached hydrogen (secondary N) is 1. The molecule has 4 rings (SSSR count). The summed E-state index contributed by atoms with van der Waals surface area (Å²) in [6, 6.07) is 13.7. The van der Waals surface area contributed by atoms with E-state index in [1.54, 1.807) is 0 Å². The van der Waals surface area contributed by atoms with Crippen molar-refractivity contribution in [2.45, 2.75) is 45.4 Å². The molecule has 2 heterocycles. The quantitative estimate of drug-likeness (QED) is 0.819. The van der Waals surface area contributed by atoms with Gasteiger partial charge in [-0.05, 0) is 50.5 Å². The lowest BCUT2D eigenvalue weighted by atomic mass is 10.0. The van der Waals surface area contributed by atoms with Gasteiger partial charge in [0.2, 0.25) is 0 Å². The number of benzene rings is 2. The molecule has 0 aromatic heterocycles. The first-order valence-electron chi connectivity index (χ1n) is 10.3. The van der Waals surface area contributed by atoms with E-state index < -0.39 is 0 Å². The van der Waals surface area contributed by atoms with Crippen LogP contribution in [-0.4, -0.2) is 36.8 Å². The highest BCUT2D eigenvalue weighted by Gasteiger charge is 2.33. The smallest absolute Gasteiger partial charge is 0.318 e. The van der Waals surface area contributed by atoms with E-state index in [-0.39, 0.29) is 18.2 Å². The molecule has 2 aliphatic heterocycles. The molecule has 1 unspecified atom stereocenters. The van der Waals surface area contributed by atoms with Crippen LogP contribution >= 0.6 is 0 Å². The fourth-order valence-electron chi connectivity index (χ4n) is 3.97. The van der Waals surface area contributed by atoms with Gasteiger partial charge in [-0.2, -0.15) is 0 Å². The van der Waals surface area contributed by atoms with E-state index in [1.807, 2.05) is 61.2 Å². The minimum absolute atomic E-state index is 0.00209. The first-order chi connectivity index (χ1) is 14.1. The van der Waals surface area contributed by atoms with Crippen molar-refractivity contribution in [1.29, 1.82) is 0 Å². The Balaban J connectivity index is 1.44. The molecule has 0 saturated carbocycles. The minimum atomic E-state index is -0.0583. The number of nitrogens with zero attached hydrogens (tertiary/aromatic N) is 1. The molecular formula is C23H28N2O4. The third-order valence-electron chi connectivity index (χ3n) is 5.18. The Hall–Kier alpha value is -2.89. The minimum Gasteiger partial charge on any atom is -0.491 e. The molecule has 2 amide bonds. The van der Waals surface area contributed by atoms with Gasteiger partial charge >= 0.3 is 6.03 Å². The van der Waals surface area contributed by atoms with Crippen LogP contribution in [0.25, 0.3) is 0 Å². The Morgan fingerprint density at radius 1 is 1.21 bits per heavy atom. The van der Waals surface area contributed by atoms with E-state index in [4.69, 9.17) is 14.2 Å². The SMILES string of the molecule is CC(C)Oc1cccc(CNC(=O)N2CCCC2c2cccc3c2OCCO3)c1. The fourth-order valence-corrected chi connectivity index (χ4v) is 3.97. The van der Waals surface area contributed by atoms with Crippen LogP contribution in [0.1, 0.15) is 43.9 Å². The van der Waals surface area contributed by atoms with Crippen LogP contribution < -0.4 is 19.5 Å². The van der Waals surface area contributed by atoms with Crippen LogP contribution in [-0.2, 0) is 6.54 Å². The van der Waals surface area contributed by atoms with Gasteiger partial charge in [-0.3, -0.25) is 0 Å². The molecule has 1 N–H and O–H groups in total. The molecule has 6 heteroatoms. The fraction of sp³-hybridized carbons (Fsp3) is 0.435. The highest BCUT2D eigenvalue weighted by atomic mass is 16.6. The molecule has 2 aromatic carbocycles. The molecule has 154 valence electrons. The zero-order valence-corrected chi connectivity index (χ0v) is 17.0. The number of carbonyl (C=O) groups is 1. The van der Waals surface area contributed by atoms with Gasteiger partial charge in [-0.1, -0.05) is 24.3 Å². The summed E-state index contributed by atoms with van der Waals surface area (Å²) in [6.45, 7) is 6.29. The summed E-state index contributed by atoms with van der Waals surface area (Å²) in [5.41, 5.74) is 2.04. The first kappa shape index (κ1) is 19.4. The number of carbonyl (C=O) groups excluding carboxylic acids is 1. The van der Waals surface area contributed by atoms with Gasteiger partial charge in [0, 0.05) is 18.7 Å². The number of urea groups is 1. The van der Waals surface area contributed by atoms with E-state index in [0.29, 0.717) is 19.8 Å². The average molecular weight is 396 g/mol. The van der Waals surface area contributed by atoms with Crippen LogP contribution in [0.4, 0.5) is 4.79 Å². The van der Waals surface area contributed by atoms with E-state index >= 15 is 0 Å². The average Bonchev–Trinajstić information content (AvgIpc) is 3.21. The molecule has 29 heavy (non-hydrogen) atoms.